The maximum absolute atomic E-state index is 11.6. The summed E-state index contributed by atoms with van der Waals surface area (Å²) in [5, 5.41) is 15.7. The number of hydrogen-bond acceptors (Lipinski definition) is 9. The number of aromatic nitrogens is 6. The van der Waals surface area contributed by atoms with Gasteiger partial charge in [0.25, 0.3) is 0 Å². The Labute approximate surface area is 185 Å². The number of benzene rings is 2. The molecule has 0 radical (unpaired) electrons. The average molecular weight is 455 g/mol. The van der Waals surface area contributed by atoms with Crippen molar-refractivity contribution in [2.24, 2.45) is 0 Å². The first-order valence-electron chi connectivity index (χ1n) is 10.1. The maximum atomic E-state index is 11.6. The Kier molecular flexibility index (Phi) is 6.26. The van der Waals surface area contributed by atoms with Crippen LogP contribution in [0.4, 0.5) is 0 Å². The van der Waals surface area contributed by atoms with E-state index in [1.54, 1.807) is 12.1 Å². The number of rotatable bonds is 9. The van der Waals surface area contributed by atoms with E-state index in [1.165, 1.54) is 16.8 Å². The lowest BCUT2D eigenvalue weighted by molar-refractivity contribution is 0.292. The van der Waals surface area contributed by atoms with Gasteiger partial charge in [0.1, 0.15) is 12.4 Å². The number of aryl methyl sites for hydroxylation is 1. The van der Waals surface area contributed by atoms with Gasteiger partial charge in [-0.25, -0.2) is 8.42 Å². The van der Waals surface area contributed by atoms with Gasteiger partial charge < -0.3 is 9.26 Å². The zero-order valence-electron chi connectivity index (χ0n) is 17.7. The van der Waals surface area contributed by atoms with Crippen molar-refractivity contribution in [1.29, 1.82) is 0 Å². The molecular weight excluding hydrogens is 432 g/mol. The summed E-state index contributed by atoms with van der Waals surface area (Å²) in [5.41, 5.74) is 1.46. The van der Waals surface area contributed by atoms with E-state index >= 15 is 0 Å². The van der Waals surface area contributed by atoms with Crippen LogP contribution < -0.4 is 4.74 Å². The molecule has 4 aromatic rings. The molecule has 0 spiro atoms. The molecule has 0 atom stereocenters. The summed E-state index contributed by atoms with van der Waals surface area (Å²) in [4.78, 5) is 4.64. The van der Waals surface area contributed by atoms with Crippen LogP contribution in [0.25, 0.3) is 17.1 Å². The van der Waals surface area contributed by atoms with Crippen molar-refractivity contribution in [3.63, 3.8) is 0 Å². The van der Waals surface area contributed by atoms with Crippen LogP contribution in [0.1, 0.15) is 31.5 Å². The molecule has 0 bridgehead atoms. The highest BCUT2D eigenvalue weighted by atomic mass is 32.2. The van der Waals surface area contributed by atoms with E-state index in [0.717, 1.165) is 31.1 Å². The van der Waals surface area contributed by atoms with E-state index < -0.39 is 9.84 Å². The van der Waals surface area contributed by atoms with Gasteiger partial charge in [-0.2, -0.15) is 9.67 Å². The maximum Gasteiger partial charge on any atom is 0.226 e. The van der Waals surface area contributed by atoms with Crippen LogP contribution in [-0.2, 0) is 22.9 Å². The molecule has 0 aliphatic heterocycles. The molecule has 2 aromatic heterocycles. The van der Waals surface area contributed by atoms with Crippen molar-refractivity contribution in [2.75, 3.05) is 6.26 Å². The first-order valence-corrected chi connectivity index (χ1v) is 12.0. The summed E-state index contributed by atoms with van der Waals surface area (Å²) in [6.45, 7) is 2.24. The number of ether oxygens (including phenoxy) is 1. The SMILES string of the molecule is CCCCc1nc(-c2ccc(OCc3nnnn3-c3ccc(S(C)(=O)=O)cc3)cc2)no1. The van der Waals surface area contributed by atoms with E-state index in [1.807, 2.05) is 24.3 Å². The third kappa shape index (κ3) is 4.99. The molecule has 4 rings (SSSR count). The lowest BCUT2D eigenvalue weighted by Gasteiger charge is -2.08. The molecule has 32 heavy (non-hydrogen) atoms. The first-order chi connectivity index (χ1) is 15.4. The Hall–Kier alpha value is -3.60. The molecule has 11 heteroatoms. The lowest BCUT2D eigenvalue weighted by Crippen LogP contribution is -2.07. The zero-order chi connectivity index (χ0) is 22.6. The summed E-state index contributed by atoms with van der Waals surface area (Å²) < 4.78 is 35.9. The average Bonchev–Trinajstić information content (AvgIpc) is 3.46. The lowest BCUT2D eigenvalue weighted by atomic mass is 10.2. The number of hydrogen-bond donors (Lipinski definition) is 0. The summed E-state index contributed by atoms with van der Waals surface area (Å²) >= 11 is 0. The van der Waals surface area contributed by atoms with Gasteiger partial charge in [0, 0.05) is 18.2 Å². The molecule has 0 fully saturated rings. The normalized spacial score (nSPS) is 11.6. The van der Waals surface area contributed by atoms with Crippen LogP contribution in [0.15, 0.2) is 57.9 Å². The second-order valence-electron chi connectivity index (χ2n) is 7.20. The van der Waals surface area contributed by atoms with Crippen molar-refractivity contribution in [3.05, 3.63) is 60.2 Å². The largest absolute Gasteiger partial charge is 0.486 e. The number of unbranched alkanes of at least 4 members (excludes halogenated alkanes) is 1. The quantitative estimate of drug-likeness (QED) is 0.375. The fourth-order valence-corrected chi connectivity index (χ4v) is 3.61. The minimum Gasteiger partial charge on any atom is -0.486 e. The van der Waals surface area contributed by atoms with E-state index in [2.05, 4.69) is 32.6 Å². The molecule has 166 valence electrons. The third-order valence-corrected chi connectivity index (χ3v) is 5.86. The van der Waals surface area contributed by atoms with Crippen molar-refractivity contribution in [3.8, 4) is 22.8 Å². The standard InChI is InChI=1S/C21H22N6O4S/c1-3-4-5-20-22-21(24-31-20)15-6-10-17(11-7-15)30-14-19-23-25-26-27(19)16-8-12-18(13-9-16)32(2,28)29/h6-13H,3-5,14H2,1-2H3. The van der Waals surface area contributed by atoms with Gasteiger partial charge in [0.2, 0.25) is 11.7 Å². The van der Waals surface area contributed by atoms with Gasteiger partial charge in [-0.3, -0.25) is 0 Å². The third-order valence-electron chi connectivity index (χ3n) is 4.74. The second kappa shape index (κ2) is 9.27. The van der Waals surface area contributed by atoms with Crippen LogP contribution in [-0.4, -0.2) is 45.0 Å². The Morgan fingerprint density at radius 3 is 2.50 bits per heavy atom. The summed E-state index contributed by atoms with van der Waals surface area (Å²) in [6.07, 6.45) is 4.01. The molecule has 0 amide bonds. The Bertz CT molecular complexity index is 1280. The number of nitrogens with zero attached hydrogens (tertiary/aromatic N) is 6. The zero-order valence-corrected chi connectivity index (χ0v) is 18.5. The fraction of sp³-hybridized carbons (Fsp3) is 0.286. The van der Waals surface area contributed by atoms with Crippen molar-refractivity contribution >= 4 is 9.84 Å². The highest BCUT2D eigenvalue weighted by Crippen LogP contribution is 2.21. The van der Waals surface area contributed by atoms with Gasteiger partial charge in [0.05, 0.1) is 10.6 Å². The van der Waals surface area contributed by atoms with Crippen molar-refractivity contribution in [2.45, 2.75) is 37.7 Å². The van der Waals surface area contributed by atoms with Crippen LogP contribution in [0, 0.1) is 0 Å². The summed E-state index contributed by atoms with van der Waals surface area (Å²) in [6, 6.07) is 13.7. The molecule has 0 N–H and O–H groups in total. The molecule has 0 aliphatic carbocycles. The minimum absolute atomic E-state index is 0.129. The molecule has 10 nitrogen and oxygen atoms in total. The summed E-state index contributed by atoms with van der Waals surface area (Å²) in [5.74, 6) is 2.29. The van der Waals surface area contributed by atoms with E-state index in [-0.39, 0.29) is 11.5 Å². The predicted molar refractivity (Wildman–Crippen MR) is 115 cm³/mol. The molecular formula is C21H22N6O4S. The Morgan fingerprint density at radius 1 is 1.06 bits per heavy atom. The van der Waals surface area contributed by atoms with E-state index in [4.69, 9.17) is 9.26 Å². The topological polar surface area (TPSA) is 126 Å². The van der Waals surface area contributed by atoms with Gasteiger partial charge >= 0.3 is 0 Å². The van der Waals surface area contributed by atoms with E-state index in [0.29, 0.717) is 29.0 Å². The smallest absolute Gasteiger partial charge is 0.226 e. The first kappa shape index (κ1) is 21.6. The van der Waals surface area contributed by atoms with Crippen LogP contribution in [0.3, 0.4) is 0 Å². The Morgan fingerprint density at radius 2 is 1.81 bits per heavy atom. The van der Waals surface area contributed by atoms with Crippen LogP contribution >= 0.6 is 0 Å². The van der Waals surface area contributed by atoms with Gasteiger partial charge in [0.15, 0.2) is 15.7 Å². The summed E-state index contributed by atoms with van der Waals surface area (Å²) in [7, 11) is -3.27. The minimum atomic E-state index is -3.27. The van der Waals surface area contributed by atoms with Crippen molar-refractivity contribution in [1.82, 2.24) is 30.3 Å². The highest BCUT2D eigenvalue weighted by Gasteiger charge is 2.12. The number of sulfone groups is 1. The van der Waals surface area contributed by atoms with Gasteiger partial charge in [-0.1, -0.05) is 18.5 Å². The number of tetrazole rings is 1. The van der Waals surface area contributed by atoms with E-state index in [9.17, 15) is 8.42 Å². The fourth-order valence-electron chi connectivity index (χ4n) is 2.98. The van der Waals surface area contributed by atoms with Crippen molar-refractivity contribution < 1.29 is 17.7 Å². The molecule has 0 saturated carbocycles. The van der Waals surface area contributed by atoms with Gasteiger partial charge in [-0.05, 0) is 65.4 Å². The molecule has 0 aliphatic rings. The molecule has 0 unspecified atom stereocenters. The van der Waals surface area contributed by atoms with Crippen LogP contribution in [0.2, 0.25) is 0 Å². The molecule has 2 heterocycles. The van der Waals surface area contributed by atoms with Crippen LogP contribution in [0.5, 0.6) is 5.75 Å². The molecule has 2 aromatic carbocycles. The monoisotopic (exact) mass is 454 g/mol. The predicted octanol–water partition coefficient (Wildman–Crippen LogP) is 3.04. The van der Waals surface area contributed by atoms with Gasteiger partial charge in [-0.15, -0.1) is 5.10 Å². The second-order valence-corrected chi connectivity index (χ2v) is 9.22. The highest BCUT2D eigenvalue weighted by molar-refractivity contribution is 7.90. The molecule has 0 saturated heterocycles. The Balaban J connectivity index is 1.42.